The van der Waals surface area contributed by atoms with Crippen molar-refractivity contribution in [1.82, 2.24) is 4.98 Å². The van der Waals surface area contributed by atoms with Crippen LogP contribution in [0.5, 0.6) is 0 Å². The third-order valence-electron chi connectivity index (χ3n) is 4.36. The predicted octanol–water partition coefficient (Wildman–Crippen LogP) is 3.56. The monoisotopic (exact) mass is 246 g/mol. The number of pyridine rings is 1. The third kappa shape index (κ3) is 3.81. The molecule has 0 aromatic carbocycles. The van der Waals surface area contributed by atoms with Crippen LogP contribution >= 0.6 is 0 Å². The van der Waals surface area contributed by atoms with E-state index in [2.05, 4.69) is 18.0 Å². The number of aromatic nitrogens is 1. The molecular formula is C16H26N2. The molecule has 1 aromatic rings. The first-order valence-electron chi connectivity index (χ1n) is 7.45. The summed E-state index contributed by atoms with van der Waals surface area (Å²) >= 11 is 0. The van der Waals surface area contributed by atoms with Crippen LogP contribution < -0.4 is 5.73 Å². The lowest BCUT2D eigenvalue weighted by Crippen LogP contribution is -2.35. The molecule has 1 aliphatic rings. The minimum Gasteiger partial charge on any atom is -0.327 e. The van der Waals surface area contributed by atoms with Crippen molar-refractivity contribution in [3.63, 3.8) is 0 Å². The Morgan fingerprint density at radius 3 is 2.67 bits per heavy atom. The van der Waals surface area contributed by atoms with Gasteiger partial charge in [-0.15, -0.1) is 0 Å². The van der Waals surface area contributed by atoms with Gasteiger partial charge in [-0.2, -0.15) is 0 Å². The molecule has 1 atom stereocenters. The first-order valence-corrected chi connectivity index (χ1v) is 7.45. The Labute approximate surface area is 111 Å². The van der Waals surface area contributed by atoms with E-state index in [1.165, 1.54) is 38.5 Å². The number of nitrogens with zero attached hydrogens (tertiary/aromatic N) is 1. The molecule has 1 aromatic heterocycles. The molecule has 1 fully saturated rings. The van der Waals surface area contributed by atoms with E-state index in [-0.39, 0.29) is 0 Å². The molecule has 2 heteroatoms. The van der Waals surface area contributed by atoms with E-state index in [1.54, 1.807) is 0 Å². The summed E-state index contributed by atoms with van der Waals surface area (Å²) in [5.74, 6) is 1.67. The van der Waals surface area contributed by atoms with Crippen LogP contribution in [0.15, 0.2) is 24.4 Å². The maximum atomic E-state index is 6.36. The van der Waals surface area contributed by atoms with Crippen molar-refractivity contribution in [2.45, 2.75) is 57.9 Å². The summed E-state index contributed by atoms with van der Waals surface area (Å²) < 4.78 is 0. The first-order chi connectivity index (χ1) is 8.79. The lowest BCUT2D eigenvalue weighted by atomic mass is 9.76. The van der Waals surface area contributed by atoms with Crippen LogP contribution in [0.1, 0.15) is 51.1 Å². The van der Waals surface area contributed by atoms with Gasteiger partial charge in [-0.25, -0.2) is 0 Å². The zero-order chi connectivity index (χ0) is 12.8. The predicted molar refractivity (Wildman–Crippen MR) is 76.3 cm³/mol. The first kappa shape index (κ1) is 13.5. The summed E-state index contributed by atoms with van der Waals surface area (Å²) in [5, 5.41) is 0. The molecular weight excluding hydrogens is 220 g/mol. The van der Waals surface area contributed by atoms with Gasteiger partial charge in [-0.05, 0) is 36.8 Å². The van der Waals surface area contributed by atoms with Gasteiger partial charge in [0.2, 0.25) is 0 Å². The van der Waals surface area contributed by atoms with E-state index in [1.807, 2.05) is 18.3 Å². The van der Waals surface area contributed by atoms with Crippen molar-refractivity contribution in [2.75, 3.05) is 0 Å². The summed E-state index contributed by atoms with van der Waals surface area (Å²) in [6.45, 7) is 2.29. The highest BCUT2D eigenvalue weighted by molar-refractivity contribution is 5.05. The Hall–Kier alpha value is -0.890. The van der Waals surface area contributed by atoms with Crippen molar-refractivity contribution in [1.29, 1.82) is 0 Å². The molecule has 2 N–H and O–H groups in total. The van der Waals surface area contributed by atoms with Gasteiger partial charge in [0.15, 0.2) is 0 Å². The Morgan fingerprint density at radius 2 is 2.06 bits per heavy atom. The van der Waals surface area contributed by atoms with Gasteiger partial charge in [0.25, 0.3) is 0 Å². The smallest absolute Gasteiger partial charge is 0.0419 e. The van der Waals surface area contributed by atoms with Gasteiger partial charge < -0.3 is 5.73 Å². The van der Waals surface area contributed by atoms with Crippen LogP contribution in [0, 0.1) is 11.8 Å². The second-order valence-corrected chi connectivity index (χ2v) is 5.76. The maximum Gasteiger partial charge on any atom is 0.0419 e. The summed E-state index contributed by atoms with van der Waals surface area (Å²) in [6.07, 6.45) is 10.9. The molecule has 2 rings (SSSR count). The molecule has 2 nitrogen and oxygen atoms in total. The highest BCUT2D eigenvalue weighted by Crippen LogP contribution is 2.33. The average Bonchev–Trinajstić information content (AvgIpc) is 2.41. The normalized spacial score (nSPS) is 25.9. The Kier molecular flexibility index (Phi) is 5.18. The Bertz CT molecular complexity index is 328. The van der Waals surface area contributed by atoms with Gasteiger partial charge in [-0.1, -0.05) is 38.7 Å². The average molecular weight is 246 g/mol. The number of hydrogen-bond donors (Lipinski definition) is 1. The SMILES string of the molecule is CCCC1CCC(C(N)Cc2ccccn2)CC1. The van der Waals surface area contributed by atoms with Crippen molar-refractivity contribution in [3.05, 3.63) is 30.1 Å². The summed E-state index contributed by atoms with van der Waals surface area (Å²) in [5.41, 5.74) is 7.50. The van der Waals surface area contributed by atoms with Crippen molar-refractivity contribution in [2.24, 2.45) is 17.6 Å². The van der Waals surface area contributed by atoms with E-state index in [0.29, 0.717) is 12.0 Å². The van der Waals surface area contributed by atoms with Crippen LogP contribution in [-0.2, 0) is 6.42 Å². The lowest BCUT2D eigenvalue weighted by Gasteiger charge is -2.32. The van der Waals surface area contributed by atoms with E-state index in [9.17, 15) is 0 Å². The van der Waals surface area contributed by atoms with Gasteiger partial charge in [-0.3, -0.25) is 4.98 Å². The van der Waals surface area contributed by atoms with E-state index < -0.39 is 0 Å². The molecule has 1 saturated carbocycles. The standard InChI is InChI=1S/C16H26N2/c1-2-5-13-7-9-14(10-8-13)16(17)12-15-6-3-4-11-18-15/h3-4,6,11,13-14,16H,2,5,7-10,12,17H2,1H3. The zero-order valence-electron chi connectivity index (χ0n) is 11.5. The maximum absolute atomic E-state index is 6.36. The lowest BCUT2D eigenvalue weighted by molar-refractivity contribution is 0.232. The second kappa shape index (κ2) is 6.89. The zero-order valence-corrected chi connectivity index (χ0v) is 11.5. The minimum atomic E-state index is 0.294. The molecule has 0 aliphatic heterocycles. The van der Waals surface area contributed by atoms with E-state index in [4.69, 9.17) is 5.73 Å². The number of rotatable bonds is 5. The molecule has 1 aliphatic carbocycles. The van der Waals surface area contributed by atoms with Crippen molar-refractivity contribution < 1.29 is 0 Å². The molecule has 0 amide bonds. The fourth-order valence-corrected chi connectivity index (χ4v) is 3.24. The molecule has 0 saturated heterocycles. The van der Waals surface area contributed by atoms with Crippen molar-refractivity contribution >= 4 is 0 Å². The third-order valence-corrected chi connectivity index (χ3v) is 4.36. The minimum absolute atomic E-state index is 0.294. The van der Waals surface area contributed by atoms with E-state index in [0.717, 1.165) is 18.0 Å². The van der Waals surface area contributed by atoms with Crippen LogP contribution in [0.2, 0.25) is 0 Å². The highest BCUT2D eigenvalue weighted by atomic mass is 14.7. The second-order valence-electron chi connectivity index (χ2n) is 5.76. The fourth-order valence-electron chi connectivity index (χ4n) is 3.24. The quantitative estimate of drug-likeness (QED) is 0.862. The number of nitrogens with two attached hydrogens (primary N) is 1. The Morgan fingerprint density at radius 1 is 1.28 bits per heavy atom. The van der Waals surface area contributed by atoms with Crippen LogP contribution in [0.4, 0.5) is 0 Å². The molecule has 1 unspecified atom stereocenters. The van der Waals surface area contributed by atoms with Crippen LogP contribution in [-0.4, -0.2) is 11.0 Å². The van der Waals surface area contributed by atoms with Crippen LogP contribution in [0.3, 0.4) is 0 Å². The Balaban J connectivity index is 1.79. The molecule has 18 heavy (non-hydrogen) atoms. The van der Waals surface area contributed by atoms with Crippen LogP contribution in [0.25, 0.3) is 0 Å². The summed E-state index contributed by atoms with van der Waals surface area (Å²) in [7, 11) is 0. The molecule has 0 spiro atoms. The van der Waals surface area contributed by atoms with E-state index >= 15 is 0 Å². The van der Waals surface area contributed by atoms with Gasteiger partial charge >= 0.3 is 0 Å². The summed E-state index contributed by atoms with van der Waals surface area (Å²) in [6, 6.07) is 6.39. The largest absolute Gasteiger partial charge is 0.327 e. The molecule has 100 valence electrons. The molecule has 0 radical (unpaired) electrons. The van der Waals surface area contributed by atoms with Crippen molar-refractivity contribution in [3.8, 4) is 0 Å². The molecule has 1 heterocycles. The topological polar surface area (TPSA) is 38.9 Å². The summed E-state index contributed by atoms with van der Waals surface area (Å²) in [4.78, 5) is 4.38. The van der Waals surface area contributed by atoms with Gasteiger partial charge in [0, 0.05) is 24.4 Å². The van der Waals surface area contributed by atoms with Gasteiger partial charge in [0.05, 0.1) is 0 Å². The number of hydrogen-bond acceptors (Lipinski definition) is 2. The highest BCUT2D eigenvalue weighted by Gasteiger charge is 2.25. The van der Waals surface area contributed by atoms with Gasteiger partial charge in [0.1, 0.15) is 0 Å². The molecule has 0 bridgehead atoms. The fraction of sp³-hybridized carbons (Fsp3) is 0.688.